The van der Waals surface area contributed by atoms with Crippen LogP contribution in [0.15, 0.2) is 73.1 Å². The van der Waals surface area contributed by atoms with Gasteiger partial charge in [-0.05, 0) is 30.3 Å². The van der Waals surface area contributed by atoms with Gasteiger partial charge in [-0.15, -0.1) is 0 Å². The molecule has 2 aromatic carbocycles. The number of nitrogens with zero attached hydrogens (tertiary/aromatic N) is 1. The molecule has 1 amide bonds. The van der Waals surface area contributed by atoms with E-state index in [0.717, 1.165) is 5.75 Å². The van der Waals surface area contributed by atoms with Gasteiger partial charge < -0.3 is 14.6 Å². The summed E-state index contributed by atoms with van der Waals surface area (Å²) in [7, 11) is 1.88. The number of ether oxygens (including phenoxy) is 1. The number of carbonyl (C=O) groups is 1. The van der Waals surface area contributed by atoms with Crippen LogP contribution in [0.25, 0.3) is 0 Å². The third-order valence-electron chi connectivity index (χ3n) is 3.20. The number of nitrogens with one attached hydrogen (secondary N) is 1. The van der Waals surface area contributed by atoms with Gasteiger partial charge in [0, 0.05) is 19.4 Å². The number of aryl methyl sites for hydroxylation is 1. The smallest absolute Gasteiger partial charge is 0.257 e. The van der Waals surface area contributed by atoms with Gasteiger partial charge in [-0.3, -0.25) is 4.79 Å². The Kier molecular flexibility index (Phi) is 3.92. The highest BCUT2D eigenvalue weighted by Gasteiger charge is 2.11. The van der Waals surface area contributed by atoms with Crippen LogP contribution in [0.4, 0.5) is 5.69 Å². The van der Waals surface area contributed by atoms with Crippen molar-refractivity contribution in [2.24, 2.45) is 7.05 Å². The van der Waals surface area contributed by atoms with E-state index in [0.29, 0.717) is 17.0 Å². The minimum atomic E-state index is -0.162. The molecule has 1 aromatic heterocycles. The first-order chi connectivity index (χ1) is 10.7. The van der Waals surface area contributed by atoms with Crippen molar-refractivity contribution < 1.29 is 9.53 Å². The molecule has 0 atom stereocenters. The second-order valence-corrected chi connectivity index (χ2v) is 4.93. The van der Waals surface area contributed by atoms with Crippen LogP contribution in [-0.2, 0) is 7.05 Å². The highest BCUT2D eigenvalue weighted by Crippen LogP contribution is 2.29. The molecule has 0 unspecified atom stereocenters. The fourth-order valence-corrected chi connectivity index (χ4v) is 2.11. The molecule has 3 rings (SSSR count). The predicted molar refractivity (Wildman–Crippen MR) is 86.3 cm³/mol. The van der Waals surface area contributed by atoms with E-state index in [1.54, 1.807) is 12.3 Å². The van der Waals surface area contributed by atoms with Gasteiger partial charge >= 0.3 is 0 Å². The largest absolute Gasteiger partial charge is 0.455 e. The zero-order valence-electron chi connectivity index (χ0n) is 12.2. The molecule has 0 saturated heterocycles. The molecule has 0 radical (unpaired) electrons. The number of hydrogen-bond acceptors (Lipinski definition) is 2. The quantitative estimate of drug-likeness (QED) is 0.787. The molecule has 4 nitrogen and oxygen atoms in total. The molecule has 0 spiro atoms. The standard InChI is InChI=1S/C18H16N2O2/c1-20-12-11-14(13-20)18(21)19-16-9-5-6-10-17(16)22-15-7-3-2-4-8-15/h2-13H,1H3,(H,19,21). The van der Waals surface area contributed by atoms with E-state index in [9.17, 15) is 4.79 Å². The van der Waals surface area contributed by atoms with Crippen molar-refractivity contribution in [3.8, 4) is 11.5 Å². The molecular formula is C18H16N2O2. The number of hydrogen-bond donors (Lipinski definition) is 1. The number of benzene rings is 2. The second-order valence-electron chi connectivity index (χ2n) is 4.93. The van der Waals surface area contributed by atoms with E-state index in [4.69, 9.17) is 4.74 Å². The lowest BCUT2D eigenvalue weighted by molar-refractivity contribution is 0.102. The van der Waals surface area contributed by atoms with Crippen LogP contribution in [0.2, 0.25) is 0 Å². The van der Waals surface area contributed by atoms with Gasteiger partial charge in [0.15, 0.2) is 5.75 Å². The molecule has 0 aliphatic rings. The summed E-state index contributed by atoms with van der Waals surface area (Å²) in [5, 5.41) is 2.88. The molecule has 4 heteroatoms. The van der Waals surface area contributed by atoms with Crippen LogP contribution in [0.1, 0.15) is 10.4 Å². The zero-order valence-corrected chi connectivity index (χ0v) is 12.2. The van der Waals surface area contributed by atoms with Crippen molar-refractivity contribution in [2.75, 3.05) is 5.32 Å². The first-order valence-corrected chi connectivity index (χ1v) is 6.97. The Balaban J connectivity index is 1.81. The Morgan fingerprint density at radius 1 is 1.00 bits per heavy atom. The summed E-state index contributed by atoms with van der Waals surface area (Å²) in [4.78, 5) is 12.3. The van der Waals surface area contributed by atoms with E-state index >= 15 is 0 Å². The fraction of sp³-hybridized carbons (Fsp3) is 0.0556. The summed E-state index contributed by atoms with van der Waals surface area (Å²) in [5.41, 5.74) is 1.25. The lowest BCUT2D eigenvalue weighted by atomic mass is 10.2. The molecular weight excluding hydrogens is 276 g/mol. The van der Waals surface area contributed by atoms with Crippen molar-refractivity contribution in [2.45, 2.75) is 0 Å². The average Bonchev–Trinajstić information content (AvgIpc) is 2.97. The highest BCUT2D eigenvalue weighted by atomic mass is 16.5. The molecule has 0 aliphatic heterocycles. The molecule has 110 valence electrons. The monoisotopic (exact) mass is 292 g/mol. The van der Waals surface area contributed by atoms with Crippen molar-refractivity contribution in [3.05, 3.63) is 78.6 Å². The number of aromatic nitrogens is 1. The van der Waals surface area contributed by atoms with E-state index < -0.39 is 0 Å². The maximum atomic E-state index is 12.3. The van der Waals surface area contributed by atoms with Crippen molar-refractivity contribution in [3.63, 3.8) is 0 Å². The van der Waals surface area contributed by atoms with E-state index in [1.165, 1.54) is 0 Å². The number of anilines is 1. The maximum Gasteiger partial charge on any atom is 0.257 e. The van der Waals surface area contributed by atoms with Crippen LogP contribution >= 0.6 is 0 Å². The molecule has 0 aliphatic carbocycles. The number of carbonyl (C=O) groups excluding carboxylic acids is 1. The van der Waals surface area contributed by atoms with Gasteiger partial charge in [0.2, 0.25) is 0 Å². The lowest BCUT2D eigenvalue weighted by Crippen LogP contribution is -2.11. The minimum Gasteiger partial charge on any atom is -0.455 e. The first-order valence-electron chi connectivity index (χ1n) is 6.97. The van der Waals surface area contributed by atoms with E-state index in [1.807, 2.05) is 72.4 Å². The molecule has 0 saturated carbocycles. The zero-order chi connectivity index (χ0) is 15.4. The SMILES string of the molecule is Cn1ccc(C(=O)Nc2ccccc2Oc2ccccc2)c1. The van der Waals surface area contributed by atoms with Gasteiger partial charge in [-0.1, -0.05) is 30.3 Å². The Labute approximate surface area is 129 Å². The number of para-hydroxylation sites is 3. The molecule has 1 heterocycles. The summed E-state index contributed by atoms with van der Waals surface area (Å²) in [6.07, 6.45) is 3.61. The molecule has 0 fully saturated rings. The normalized spacial score (nSPS) is 10.2. The van der Waals surface area contributed by atoms with Gasteiger partial charge in [-0.2, -0.15) is 0 Å². The number of amides is 1. The topological polar surface area (TPSA) is 43.3 Å². The summed E-state index contributed by atoms with van der Waals surface area (Å²) in [6.45, 7) is 0. The Bertz CT molecular complexity index is 779. The fourth-order valence-electron chi connectivity index (χ4n) is 2.11. The van der Waals surface area contributed by atoms with Crippen LogP contribution in [0.5, 0.6) is 11.5 Å². The Hall–Kier alpha value is -3.01. The summed E-state index contributed by atoms with van der Waals surface area (Å²) in [6, 6.07) is 18.6. The highest BCUT2D eigenvalue weighted by molar-refractivity contribution is 6.04. The van der Waals surface area contributed by atoms with Crippen LogP contribution in [0, 0.1) is 0 Å². The molecule has 1 N–H and O–H groups in total. The van der Waals surface area contributed by atoms with Crippen molar-refractivity contribution in [1.29, 1.82) is 0 Å². The van der Waals surface area contributed by atoms with Gasteiger partial charge in [0.05, 0.1) is 11.3 Å². The molecule has 0 bridgehead atoms. The maximum absolute atomic E-state index is 12.3. The van der Waals surface area contributed by atoms with Crippen LogP contribution < -0.4 is 10.1 Å². The lowest BCUT2D eigenvalue weighted by Gasteiger charge is -2.11. The Morgan fingerprint density at radius 3 is 2.45 bits per heavy atom. The summed E-state index contributed by atoms with van der Waals surface area (Å²) in [5.74, 6) is 1.17. The van der Waals surface area contributed by atoms with E-state index in [-0.39, 0.29) is 5.91 Å². The van der Waals surface area contributed by atoms with Crippen LogP contribution in [-0.4, -0.2) is 10.5 Å². The first kappa shape index (κ1) is 13.9. The van der Waals surface area contributed by atoms with E-state index in [2.05, 4.69) is 5.32 Å². The summed E-state index contributed by atoms with van der Waals surface area (Å²) < 4.78 is 7.67. The second kappa shape index (κ2) is 6.18. The summed E-state index contributed by atoms with van der Waals surface area (Å²) >= 11 is 0. The molecule has 22 heavy (non-hydrogen) atoms. The minimum absolute atomic E-state index is 0.162. The Morgan fingerprint density at radius 2 is 1.73 bits per heavy atom. The third kappa shape index (κ3) is 3.17. The van der Waals surface area contributed by atoms with Gasteiger partial charge in [0.25, 0.3) is 5.91 Å². The predicted octanol–water partition coefficient (Wildman–Crippen LogP) is 4.07. The average molecular weight is 292 g/mol. The third-order valence-corrected chi connectivity index (χ3v) is 3.20. The van der Waals surface area contributed by atoms with Crippen molar-refractivity contribution in [1.82, 2.24) is 4.57 Å². The van der Waals surface area contributed by atoms with Crippen molar-refractivity contribution >= 4 is 11.6 Å². The van der Waals surface area contributed by atoms with Gasteiger partial charge in [-0.25, -0.2) is 0 Å². The number of rotatable bonds is 4. The van der Waals surface area contributed by atoms with Crippen LogP contribution in [0.3, 0.4) is 0 Å². The molecule has 3 aromatic rings. The van der Waals surface area contributed by atoms with Gasteiger partial charge in [0.1, 0.15) is 5.75 Å².